The molecule has 0 saturated carbocycles. The first kappa shape index (κ1) is 21.9. The number of ether oxygens (including phenoxy) is 1. The number of carboxylic acids is 2. The monoisotopic (exact) mass is 400 g/mol. The van der Waals surface area contributed by atoms with Gasteiger partial charge in [0.05, 0.1) is 7.11 Å². The fourth-order valence-electron chi connectivity index (χ4n) is 2.95. The van der Waals surface area contributed by atoms with E-state index >= 15 is 0 Å². The highest BCUT2D eigenvalue weighted by Gasteiger charge is 2.22. The number of piperazine rings is 1. The Kier molecular flexibility index (Phi) is 8.17. The van der Waals surface area contributed by atoms with Crippen molar-refractivity contribution in [3.05, 3.63) is 65.7 Å². The number of methoxy groups -OCH3 is 1. The zero-order chi connectivity index (χ0) is 21.2. The SMILES string of the molecule is COc1ccccc1CN1CCN(C(=O)c2ccccc2)CC1.O=C(O)C(=O)O. The van der Waals surface area contributed by atoms with Crippen LogP contribution in [0.25, 0.3) is 0 Å². The first-order chi connectivity index (χ1) is 13.9. The van der Waals surface area contributed by atoms with Gasteiger partial charge >= 0.3 is 11.9 Å². The molecule has 1 aliphatic heterocycles. The van der Waals surface area contributed by atoms with Gasteiger partial charge < -0.3 is 19.8 Å². The lowest BCUT2D eigenvalue weighted by Crippen LogP contribution is -2.48. The van der Waals surface area contributed by atoms with Crippen LogP contribution in [0.1, 0.15) is 15.9 Å². The van der Waals surface area contributed by atoms with Crippen molar-refractivity contribution in [2.45, 2.75) is 6.54 Å². The van der Waals surface area contributed by atoms with Crippen LogP contribution in [0.2, 0.25) is 0 Å². The Labute approximate surface area is 168 Å². The average molecular weight is 400 g/mol. The molecule has 1 saturated heterocycles. The Hall–Kier alpha value is -3.39. The molecular formula is C21H24N2O6. The number of nitrogens with zero attached hydrogens (tertiary/aromatic N) is 2. The third-order valence-electron chi connectivity index (χ3n) is 4.45. The van der Waals surface area contributed by atoms with Crippen molar-refractivity contribution in [1.82, 2.24) is 9.80 Å². The number of carbonyl (C=O) groups excluding carboxylic acids is 1. The van der Waals surface area contributed by atoms with Gasteiger partial charge in [-0.25, -0.2) is 9.59 Å². The van der Waals surface area contributed by atoms with Crippen LogP contribution in [0, 0.1) is 0 Å². The van der Waals surface area contributed by atoms with E-state index in [4.69, 9.17) is 24.5 Å². The normalized spacial score (nSPS) is 13.8. The molecule has 0 radical (unpaired) electrons. The van der Waals surface area contributed by atoms with Crippen molar-refractivity contribution < 1.29 is 29.3 Å². The minimum Gasteiger partial charge on any atom is -0.496 e. The third-order valence-corrected chi connectivity index (χ3v) is 4.45. The molecule has 0 aliphatic carbocycles. The molecule has 3 rings (SSSR count). The molecule has 8 heteroatoms. The first-order valence-electron chi connectivity index (χ1n) is 9.07. The van der Waals surface area contributed by atoms with Crippen LogP contribution in [0.4, 0.5) is 0 Å². The molecule has 0 unspecified atom stereocenters. The molecule has 2 N–H and O–H groups in total. The summed E-state index contributed by atoms with van der Waals surface area (Å²) >= 11 is 0. The Morgan fingerprint density at radius 2 is 1.41 bits per heavy atom. The van der Waals surface area contributed by atoms with Gasteiger partial charge in [-0.15, -0.1) is 0 Å². The number of para-hydroxylation sites is 1. The summed E-state index contributed by atoms with van der Waals surface area (Å²) in [5.74, 6) is -2.59. The van der Waals surface area contributed by atoms with Gasteiger partial charge in [0, 0.05) is 43.9 Å². The predicted octanol–water partition coefficient (Wildman–Crippen LogP) is 1.81. The molecule has 29 heavy (non-hydrogen) atoms. The molecule has 154 valence electrons. The molecule has 2 aromatic carbocycles. The van der Waals surface area contributed by atoms with E-state index < -0.39 is 11.9 Å². The van der Waals surface area contributed by atoms with Crippen LogP contribution in [-0.2, 0) is 16.1 Å². The second-order valence-corrected chi connectivity index (χ2v) is 6.36. The Balaban J connectivity index is 0.000000438. The number of benzene rings is 2. The van der Waals surface area contributed by atoms with E-state index in [-0.39, 0.29) is 5.91 Å². The summed E-state index contributed by atoms with van der Waals surface area (Å²) in [5.41, 5.74) is 1.96. The van der Waals surface area contributed by atoms with Gasteiger partial charge in [-0.05, 0) is 18.2 Å². The summed E-state index contributed by atoms with van der Waals surface area (Å²) in [5, 5.41) is 14.8. The fraction of sp³-hybridized carbons (Fsp3) is 0.286. The zero-order valence-corrected chi connectivity index (χ0v) is 16.2. The molecule has 1 amide bonds. The highest BCUT2D eigenvalue weighted by atomic mass is 16.5. The van der Waals surface area contributed by atoms with Crippen LogP contribution in [0.3, 0.4) is 0 Å². The van der Waals surface area contributed by atoms with Gasteiger partial charge in [-0.2, -0.15) is 0 Å². The lowest BCUT2D eigenvalue weighted by atomic mass is 10.1. The van der Waals surface area contributed by atoms with E-state index in [0.29, 0.717) is 0 Å². The molecular weight excluding hydrogens is 376 g/mol. The van der Waals surface area contributed by atoms with Crippen molar-refractivity contribution in [3.8, 4) is 5.75 Å². The van der Waals surface area contributed by atoms with Crippen molar-refractivity contribution in [3.63, 3.8) is 0 Å². The molecule has 0 bridgehead atoms. The molecule has 2 aromatic rings. The van der Waals surface area contributed by atoms with E-state index in [1.54, 1.807) is 7.11 Å². The predicted molar refractivity (Wildman–Crippen MR) is 106 cm³/mol. The van der Waals surface area contributed by atoms with E-state index in [1.165, 1.54) is 5.56 Å². The van der Waals surface area contributed by atoms with Gasteiger partial charge in [0.25, 0.3) is 5.91 Å². The molecule has 1 aliphatic rings. The number of carbonyl (C=O) groups is 3. The standard InChI is InChI=1S/C19H22N2O2.C2H2O4/c1-23-18-10-6-5-9-17(18)15-20-11-13-21(14-12-20)19(22)16-7-3-2-4-8-16;3-1(4)2(5)6/h2-10H,11-15H2,1H3;(H,3,4)(H,5,6). The van der Waals surface area contributed by atoms with E-state index in [0.717, 1.165) is 44.0 Å². The summed E-state index contributed by atoms with van der Waals surface area (Å²) < 4.78 is 5.41. The van der Waals surface area contributed by atoms with Crippen LogP contribution in [0.5, 0.6) is 5.75 Å². The van der Waals surface area contributed by atoms with Crippen molar-refractivity contribution >= 4 is 17.8 Å². The number of rotatable bonds is 4. The van der Waals surface area contributed by atoms with Crippen molar-refractivity contribution in [1.29, 1.82) is 0 Å². The number of hydrogen-bond donors (Lipinski definition) is 2. The highest BCUT2D eigenvalue weighted by Crippen LogP contribution is 2.20. The van der Waals surface area contributed by atoms with Gasteiger partial charge in [-0.3, -0.25) is 9.69 Å². The Morgan fingerprint density at radius 1 is 0.862 bits per heavy atom. The second-order valence-electron chi connectivity index (χ2n) is 6.36. The van der Waals surface area contributed by atoms with E-state index in [1.807, 2.05) is 53.4 Å². The molecule has 0 aromatic heterocycles. The molecule has 1 heterocycles. The molecule has 8 nitrogen and oxygen atoms in total. The van der Waals surface area contributed by atoms with Crippen molar-refractivity contribution in [2.24, 2.45) is 0 Å². The van der Waals surface area contributed by atoms with Gasteiger partial charge in [0.15, 0.2) is 0 Å². The summed E-state index contributed by atoms with van der Waals surface area (Å²) in [6, 6.07) is 17.6. The number of aliphatic carboxylic acids is 2. The topological polar surface area (TPSA) is 107 Å². The van der Waals surface area contributed by atoms with Crippen molar-refractivity contribution in [2.75, 3.05) is 33.3 Å². The van der Waals surface area contributed by atoms with E-state index in [9.17, 15) is 4.79 Å². The maximum absolute atomic E-state index is 12.5. The van der Waals surface area contributed by atoms with Crippen LogP contribution in [0.15, 0.2) is 54.6 Å². The van der Waals surface area contributed by atoms with Gasteiger partial charge in [0.1, 0.15) is 5.75 Å². The largest absolute Gasteiger partial charge is 0.496 e. The summed E-state index contributed by atoms with van der Waals surface area (Å²) in [7, 11) is 1.70. The number of carboxylic acid groups (broad SMARTS) is 2. The molecule has 1 fully saturated rings. The average Bonchev–Trinajstić information content (AvgIpc) is 2.75. The second kappa shape index (κ2) is 10.8. The smallest absolute Gasteiger partial charge is 0.414 e. The minimum atomic E-state index is -1.82. The highest BCUT2D eigenvalue weighted by molar-refractivity contribution is 6.27. The summed E-state index contributed by atoms with van der Waals surface area (Å²) in [4.78, 5) is 35.0. The lowest BCUT2D eigenvalue weighted by molar-refractivity contribution is -0.159. The summed E-state index contributed by atoms with van der Waals surface area (Å²) in [6.45, 7) is 4.16. The van der Waals surface area contributed by atoms with Crippen LogP contribution < -0.4 is 4.74 Å². The lowest BCUT2D eigenvalue weighted by Gasteiger charge is -2.35. The maximum Gasteiger partial charge on any atom is 0.414 e. The Morgan fingerprint density at radius 3 is 1.97 bits per heavy atom. The van der Waals surface area contributed by atoms with Crippen LogP contribution >= 0.6 is 0 Å². The molecule has 0 atom stereocenters. The Bertz CT molecular complexity index is 820. The number of amides is 1. The molecule has 0 spiro atoms. The minimum absolute atomic E-state index is 0.127. The third kappa shape index (κ3) is 6.62. The van der Waals surface area contributed by atoms with E-state index in [2.05, 4.69) is 11.0 Å². The first-order valence-corrected chi connectivity index (χ1v) is 9.07. The fourth-order valence-corrected chi connectivity index (χ4v) is 2.95. The quantitative estimate of drug-likeness (QED) is 0.754. The zero-order valence-electron chi connectivity index (χ0n) is 16.2. The number of hydrogen-bond acceptors (Lipinski definition) is 5. The summed E-state index contributed by atoms with van der Waals surface area (Å²) in [6.07, 6.45) is 0. The maximum atomic E-state index is 12.5. The van der Waals surface area contributed by atoms with Gasteiger partial charge in [-0.1, -0.05) is 36.4 Å². The van der Waals surface area contributed by atoms with Crippen LogP contribution in [-0.4, -0.2) is 71.1 Å². The van der Waals surface area contributed by atoms with Gasteiger partial charge in [0.2, 0.25) is 0 Å².